The van der Waals surface area contributed by atoms with Crippen LogP contribution in [0.3, 0.4) is 0 Å². The molecule has 1 amide bonds. The zero-order chi connectivity index (χ0) is 75.3. The Morgan fingerprint density at radius 2 is 0.729 bits per heavy atom. The van der Waals surface area contributed by atoms with Crippen LogP contribution in [-0.4, -0.2) is 112 Å². The first-order valence-electron chi connectivity index (χ1n) is 36.8. The largest absolute Gasteiger partial charge is 0.463 e. The van der Waals surface area contributed by atoms with Crippen LogP contribution in [0.15, 0.2) is 234 Å². The van der Waals surface area contributed by atoms with Crippen LogP contribution in [0.4, 0.5) is 38.9 Å². The van der Waals surface area contributed by atoms with Gasteiger partial charge in [0.1, 0.15) is 40.9 Å². The van der Waals surface area contributed by atoms with Crippen molar-refractivity contribution in [3.05, 3.63) is 236 Å². The van der Waals surface area contributed by atoms with E-state index in [9.17, 15) is 19.2 Å². The molecule has 550 valence electrons. The summed E-state index contributed by atoms with van der Waals surface area (Å²) in [5.74, 6) is 1.15. The van der Waals surface area contributed by atoms with Crippen molar-refractivity contribution in [2.75, 3.05) is 67.3 Å². The monoisotopic (exact) mass is 1440 g/mol. The van der Waals surface area contributed by atoms with Crippen LogP contribution < -0.4 is 34.2 Å². The average molecular weight is 1440 g/mol. The number of carbonyl (C=O) groups is 4. The molecule has 107 heavy (non-hydrogen) atoms. The number of hydrogen-bond donors (Lipinski definition) is 1. The molecule has 6 aliphatic heterocycles. The van der Waals surface area contributed by atoms with Crippen LogP contribution >= 0.6 is 0 Å². The van der Waals surface area contributed by atoms with Gasteiger partial charge in [0.05, 0.1) is 61.3 Å². The van der Waals surface area contributed by atoms with E-state index in [0.29, 0.717) is 37.3 Å². The van der Waals surface area contributed by atoms with E-state index in [0.717, 1.165) is 129 Å². The summed E-state index contributed by atoms with van der Waals surface area (Å²) in [6, 6.07) is 62.4. The molecule has 0 aliphatic carbocycles. The number of anilines is 3. The van der Waals surface area contributed by atoms with E-state index in [1.807, 2.05) is 79.3 Å². The van der Waals surface area contributed by atoms with Crippen LogP contribution in [0.2, 0.25) is 0 Å². The molecular weight excluding hydrogens is 1340 g/mol. The Labute approximate surface area is 626 Å². The van der Waals surface area contributed by atoms with Gasteiger partial charge in [0.2, 0.25) is 17.2 Å². The zero-order valence-corrected chi connectivity index (χ0v) is 62.3. The van der Waals surface area contributed by atoms with Gasteiger partial charge in [-0.1, -0.05) is 165 Å². The van der Waals surface area contributed by atoms with Gasteiger partial charge in [-0.05, 0) is 163 Å². The molecule has 0 fully saturated rings. The minimum atomic E-state index is -0.800. The van der Waals surface area contributed by atoms with Crippen molar-refractivity contribution in [2.24, 2.45) is 15.0 Å². The predicted octanol–water partition coefficient (Wildman–Crippen LogP) is 18.3. The number of amides is 1. The molecule has 6 aliphatic rings. The number of alkyl carbamates (subject to hydrolysis) is 1. The highest BCUT2D eigenvalue weighted by Crippen LogP contribution is 2.58. The number of para-hydroxylation sites is 3. The minimum Gasteiger partial charge on any atom is -0.463 e. The number of benzene rings is 9. The number of carbonyl (C=O) groups excluding carboxylic acids is 4. The van der Waals surface area contributed by atoms with Crippen molar-refractivity contribution in [3.63, 3.8) is 0 Å². The second kappa shape index (κ2) is 30.5. The molecule has 9 aromatic rings. The second-order valence-corrected chi connectivity index (χ2v) is 29.3. The molecule has 3 spiro atoms. The number of esters is 3. The summed E-state index contributed by atoms with van der Waals surface area (Å²) in [6.45, 7) is 30.6. The fourth-order valence-corrected chi connectivity index (χ4v) is 15.6. The Kier molecular flexibility index (Phi) is 21.0. The van der Waals surface area contributed by atoms with E-state index in [4.69, 9.17) is 48.1 Å². The fourth-order valence-electron chi connectivity index (χ4n) is 15.6. The van der Waals surface area contributed by atoms with Crippen molar-refractivity contribution < 1.29 is 52.3 Å². The van der Waals surface area contributed by atoms with Gasteiger partial charge in [0, 0.05) is 70.1 Å². The summed E-state index contributed by atoms with van der Waals surface area (Å²) in [5.41, 5.74) is 7.11. The number of nitrogens with zero attached hydrogens (tertiary/aromatic N) is 6. The van der Waals surface area contributed by atoms with Gasteiger partial charge in [-0.2, -0.15) is 0 Å². The molecule has 15 rings (SSSR count). The maximum atomic E-state index is 12.0. The van der Waals surface area contributed by atoms with Crippen LogP contribution in [0, 0.1) is 0 Å². The molecule has 18 nitrogen and oxygen atoms in total. The summed E-state index contributed by atoms with van der Waals surface area (Å²) >= 11 is 0. The number of hydrogen-bond acceptors (Lipinski definition) is 17. The molecule has 3 unspecified atom stereocenters. The maximum absolute atomic E-state index is 12.0. The van der Waals surface area contributed by atoms with Crippen LogP contribution in [0.25, 0.3) is 32.3 Å². The minimum absolute atomic E-state index is 0.0630. The molecule has 0 bridgehead atoms. The Morgan fingerprint density at radius 1 is 0.411 bits per heavy atom. The van der Waals surface area contributed by atoms with Gasteiger partial charge in [0.25, 0.3) is 0 Å². The topological polar surface area (TPSA) is 192 Å². The van der Waals surface area contributed by atoms with Crippen LogP contribution in [0.1, 0.15) is 111 Å². The highest BCUT2D eigenvalue weighted by molar-refractivity contribution is 6.03. The van der Waals surface area contributed by atoms with Gasteiger partial charge in [-0.3, -0.25) is 15.0 Å². The van der Waals surface area contributed by atoms with Gasteiger partial charge in [-0.15, -0.1) is 0 Å². The number of fused-ring (bicyclic) bond motifs is 12. The quantitative estimate of drug-likeness (QED) is 0.0309. The maximum Gasteiger partial charge on any atom is 0.407 e. The van der Waals surface area contributed by atoms with Gasteiger partial charge in [0.15, 0.2) is 0 Å². The lowest BCUT2D eigenvalue weighted by Crippen LogP contribution is -2.62. The number of rotatable bonds is 21. The lowest BCUT2D eigenvalue weighted by Gasteiger charge is -2.46. The molecule has 0 aromatic heterocycles. The predicted molar refractivity (Wildman–Crippen MR) is 427 cm³/mol. The lowest BCUT2D eigenvalue weighted by molar-refractivity contribution is -0.139. The number of unbranched alkanes of at least 4 members (excludes halogenated alkanes) is 3. The summed E-state index contributed by atoms with van der Waals surface area (Å²) in [4.78, 5) is 68.4. The molecule has 0 saturated carbocycles. The van der Waals surface area contributed by atoms with E-state index < -0.39 is 29.2 Å². The molecule has 1 N–H and O–H groups in total. The SMILES string of the molecule is C=C(C)C(=O)OCCCCN1c2ccccc2C(C)(C)C12C=Nc1c(ccc3ccccc13)O2.C=C(C)C(=O)OCCNC(=O)OCCCCN1c2ccccc2C(C)(C)C12C=Nc1c(ccc3ccccc13)O2.C=CC(=O)OCCCCN1c2ccccc2C(C)(C)C12C=Nc1c(ccc3ccccc13)O2. The molecule has 18 heteroatoms. The Morgan fingerprint density at radius 3 is 1.08 bits per heavy atom. The summed E-state index contributed by atoms with van der Waals surface area (Å²) < 4.78 is 41.4. The third-order valence-corrected chi connectivity index (χ3v) is 21.5. The van der Waals surface area contributed by atoms with E-state index in [1.165, 1.54) is 22.8 Å². The highest BCUT2D eigenvalue weighted by Gasteiger charge is 2.62. The highest BCUT2D eigenvalue weighted by atomic mass is 16.6. The van der Waals surface area contributed by atoms with Crippen molar-refractivity contribution in [1.82, 2.24) is 5.32 Å². The van der Waals surface area contributed by atoms with Gasteiger partial charge >= 0.3 is 24.0 Å². The van der Waals surface area contributed by atoms with E-state index in [2.05, 4.69) is 203 Å². The molecule has 0 saturated heterocycles. The Hall–Kier alpha value is -11.5. The molecular formula is C89H93N7O11. The zero-order valence-electron chi connectivity index (χ0n) is 62.3. The molecule has 0 radical (unpaired) electrons. The summed E-state index contributed by atoms with van der Waals surface area (Å²) in [7, 11) is 0. The van der Waals surface area contributed by atoms with Crippen LogP contribution in [-0.2, 0) is 49.6 Å². The van der Waals surface area contributed by atoms with E-state index >= 15 is 0 Å². The lowest BCUT2D eigenvalue weighted by atomic mass is 9.77. The van der Waals surface area contributed by atoms with Crippen molar-refractivity contribution >= 4 is 109 Å². The first-order chi connectivity index (χ1) is 51.6. The molecule has 9 aromatic carbocycles. The Bertz CT molecular complexity index is 5040. The Balaban J connectivity index is 0.000000143. The normalized spacial score (nSPS) is 19.1. The molecule has 6 heterocycles. The summed E-state index contributed by atoms with van der Waals surface area (Å²) in [6.07, 6.45) is 11.2. The van der Waals surface area contributed by atoms with E-state index in [-0.39, 0.29) is 47.9 Å². The standard InChI is InChI=1S/C32H35N3O5.C29H30N2O3.C28H28N2O3/c1-22(2)29(36)38-20-17-33-30(37)39-19-10-9-18-35-26-14-8-7-13-25(26)31(3,4)32(35)21-34-28-24-12-6-5-11-23(24)15-16-27(28)40-32;1-20(2)27(32)33-18-10-9-17-31-24-14-8-7-13-23(24)28(3,4)29(31)19-30-26-22-12-6-5-11-21(22)15-16-25(26)34-29;1-4-25(31)32-18-10-9-17-30-23-14-8-7-13-22(23)27(2,3)28(30)19-29-26-21-12-6-5-11-20(21)15-16-24(26)33-28/h5-8,11-16,21H,1,9-10,17-20H2,2-4H3,(H,33,37);5-8,11-16,19H,1,9-10,17-18H2,2-4H3;4-8,11-16,19H,1,9-10,17-18H2,2-3H3. The fraction of sp³-hybridized carbons (Fsp3) is 0.315. The average Bonchev–Trinajstić information content (AvgIpc) is 1.57. The van der Waals surface area contributed by atoms with Gasteiger partial charge in [-0.25, -0.2) is 19.2 Å². The third-order valence-electron chi connectivity index (χ3n) is 21.5. The number of nitrogens with one attached hydrogen (secondary N) is 1. The van der Waals surface area contributed by atoms with Crippen molar-refractivity contribution in [1.29, 1.82) is 0 Å². The first-order valence-corrected chi connectivity index (χ1v) is 36.8. The second-order valence-electron chi connectivity index (χ2n) is 29.3. The number of ether oxygens (including phenoxy) is 7. The molecule has 3 atom stereocenters. The third kappa shape index (κ3) is 13.7. The van der Waals surface area contributed by atoms with Crippen LogP contribution in [0.5, 0.6) is 17.2 Å². The van der Waals surface area contributed by atoms with Crippen molar-refractivity contribution in [2.45, 2.75) is 127 Å². The first kappa shape index (κ1) is 73.8. The summed E-state index contributed by atoms with van der Waals surface area (Å²) in [5, 5.41) is 9.24. The van der Waals surface area contributed by atoms with Crippen molar-refractivity contribution in [3.8, 4) is 17.2 Å². The van der Waals surface area contributed by atoms with E-state index in [1.54, 1.807) is 13.8 Å². The smallest absolute Gasteiger partial charge is 0.407 e. The van der Waals surface area contributed by atoms with Gasteiger partial charge < -0.3 is 53.2 Å². The number of aliphatic imine (C=N–C) groups is 3.